The number of nitro groups is 1. The first-order valence-corrected chi connectivity index (χ1v) is 8.32. The van der Waals surface area contributed by atoms with Crippen molar-refractivity contribution >= 4 is 28.4 Å². The second kappa shape index (κ2) is 8.05. The summed E-state index contributed by atoms with van der Waals surface area (Å²) in [6, 6.07) is 12.7. The molecule has 2 atom stereocenters. The number of hydrogen-bond acceptors (Lipinski definition) is 5. The number of rotatable bonds is 7. The maximum Gasteiger partial charge on any atom is 0.315 e. The summed E-state index contributed by atoms with van der Waals surface area (Å²) < 4.78 is 28.7. The molecule has 23 heavy (non-hydrogen) atoms. The highest BCUT2D eigenvalue weighted by Crippen LogP contribution is 2.39. The summed E-state index contributed by atoms with van der Waals surface area (Å²) in [5.41, 5.74) is 0.135. The molecule has 122 valence electrons. The van der Waals surface area contributed by atoms with E-state index < -0.39 is 21.3 Å². The van der Waals surface area contributed by atoms with Gasteiger partial charge in [0, 0.05) is 0 Å². The average Bonchev–Trinajstić information content (AvgIpc) is 2.53. The van der Waals surface area contributed by atoms with E-state index in [-0.39, 0.29) is 29.5 Å². The van der Waals surface area contributed by atoms with Crippen molar-refractivity contribution in [1.29, 1.82) is 0 Å². The zero-order valence-electron chi connectivity index (χ0n) is 11.9. The van der Waals surface area contributed by atoms with Crippen molar-refractivity contribution in [2.75, 3.05) is 12.5 Å². The van der Waals surface area contributed by atoms with Crippen LogP contribution in [0.2, 0.25) is 0 Å². The highest BCUT2D eigenvalue weighted by atomic mass is 35.5. The van der Waals surface area contributed by atoms with Gasteiger partial charge in [0.1, 0.15) is 6.61 Å². The molecule has 0 bridgehead atoms. The summed E-state index contributed by atoms with van der Waals surface area (Å²) >= 11 is 2.96. The lowest BCUT2D eigenvalue weighted by molar-refractivity contribution is -0.386. The van der Waals surface area contributed by atoms with E-state index in [4.69, 9.17) is 16.3 Å². The molecule has 8 heteroatoms. The van der Waals surface area contributed by atoms with Gasteiger partial charge in [0.15, 0.2) is 5.75 Å². The van der Waals surface area contributed by atoms with Crippen LogP contribution in [-0.4, -0.2) is 26.2 Å². The van der Waals surface area contributed by atoms with Crippen molar-refractivity contribution in [2.24, 2.45) is 0 Å². The van der Waals surface area contributed by atoms with Crippen molar-refractivity contribution in [3.05, 3.63) is 69.8 Å². The Morgan fingerprint density at radius 2 is 1.87 bits per heavy atom. The molecule has 0 spiro atoms. The molecule has 0 heterocycles. The minimum absolute atomic E-state index is 0.000434. The minimum atomic E-state index is -2.58. The van der Waals surface area contributed by atoms with E-state index in [1.807, 2.05) is 0 Å². The van der Waals surface area contributed by atoms with E-state index in [0.717, 1.165) is 0 Å². The molecule has 0 N–H and O–H groups in total. The number of ether oxygens (including phenoxy) is 1. The van der Waals surface area contributed by atoms with Crippen LogP contribution < -0.4 is 4.74 Å². The predicted molar refractivity (Wildman–Crippen MR) is 86.5 cm³/mol. The summed E-state index contributed by atoms with van der Waals surface area (Å²) in [7, 11) is 0. The quantitative estimate of drug-likeness (QED) is 0.329. The number of benzene rings is 2. The lowest BCUT2D eigenvalue weighted by atomic mass is 10.0. The van der Waals surface area contributed by atoms with Crippen LogP contribution in [0.1, 0.15) is 16.4 Å². The van der Waals surface area contributed by atoms with Gasteiger partial charge in [0.05, 0.1) is 21.6 Å². The number of nitro benzene ring substituents is 1. The highest BCUT2D eigenvalue weighted by molar-refractivity contribution is 7.79. The Morgan fingerprint density at radius 3 is 2.43 bits per heavy atom. The van der Waals surface area contributed by atoms with Crippen molar-refractivity contribution in [3.63, 3.8) is 0 Å². The third kappa shape index (κ3) is 4.07. The molecule has 0 aromatic heterocycles. The van der Waals surface area contributed by atoms with Crippen LogP contribution in [0, 0.1) is 10.1 Å². The Kier molecular flexibility index (Phi) is 6.09. The molecule has 0 aliphatic heterocycles. The first-order chi connectivity index (χ1) is 11.1. The molecule has 2 aromatic rings. The van der Waals surface area contributed by atoms with Gasteiger partial charge in [-0.1, -0.05) is 42.5 Å². The lowest BCUT2D eigenvalue weighted by Gasteiger charge is -2.21. The fourth-order valence-corrected chi connectivity index (χ4v) is 3.09. The maximum atomic E-state index is 11.7. The lowest BCUT2D eigenvalue weighted by Crippen LogP contribution is -2.11. The number of halogens is 1. The van der Waals surface area contributed by atoms with E-state index in [2.05, 4.69) is 0 Å². The van der Waals surface area contributed by atoms with E-state index in [9.17, 15) is 18.9 Å². The van der Waals surface area contributed by atoms with Crippen LogP contribution in [-0.2, 0) is 11.1 Å². The molecule has 0 saturated carbocycles. The Morgan fingerprint density at radius 1 is 1.17 bits per heavy atom. The van der Waals surface area contributed by atoms with Crippen LogP contribution in [0.3, 0.4) is 0 Å². The second-order valence-electron chi connectivity index (χ2n) is 4.54. The largest absolute Gasteiger partial charge is 0.772 e. The molecule has 0 fully saturated rings. The van der Waals surface area contributed by atoms with Gasteiger partial charge >= 0.3 is 5.69 Å². The molecular formula is C15H13ClNO5S-. The highest BCUT2D eigenvalue weighted by Gasteiger charge is 2.28. The minimum Gasteiger partial charge on any atom is -0.772 e. The molecule has 2 rings (SSSR count). The van der Waals surface area contributed by atoms with Crippen LogP contribution in [0.25, 0.3) is 0 Å². The maximum absolute atomic E-state index is 11.7. The Hall–Kier alpha value is -1.96. The number of alkyl halides is 1. The third-order valence-corrected chi connectivity index (χ3v) is 4.19. The van der Waals surface area contributed by atoms with Crippen molar-refractivity contribution < 1.29 is 18.4 Å². The molecular weight excluding hydrogens is 342 g/mol. The molecule has 0 saturated heterocycles. The molecule has 6 nitrogen and oxygen atoms in total. The number of para-hydroxylation sites is 1. The first-order valence-electron chi connectivity index (χ1n) is 6.65. The van der Waals surface area contributed by atoms with Crippen LogP contribution >= 0.6 is 11.6 Å². The zero-order chi connectivity index (χ0) is 16.8. The normalized spacial score (nSPS) is 13.3. The summed E-state index contributed by atoms with van der Waals surface area (Å²) in [5.74, 6) is 0.163. The van der Waals surface area contributed by atoms with Gasteiger partial charge in [-0.3, -0.25) is 14.3 Å². The van der Waals surface area contributed by atoms with E-state index in [1.165, 1.54) is 18.2 Å². The van der Waals surface area contributed by atoms with Crippen molar-refractivity contribution in [3.8, 4) is 5.75 Å². The van der Waals surface area contributed by atoms with Gasteiger partial charge in [0.25, 0.3) is 0 Å². The second-order valence-corrected chi connectivity index (χ2v) is 5.91. The number of hydrogen-bond donors (Lipinski definition) is 0. The van der Waals surface area contributed by atoms with Gasteiger partial charge in [-0.15, -0.1) is 11.6 Å². The van der Waals surface area contributed by atoms with Crippen LogP contribution in [0.4, 0.5) is 5.69 Å². The Balaban J connectivity index is 2.59. The molecule has 2 unspecified atom stereocenters. The summed E-state index contributed by atoms with van der Waals surface area (Å²) in [6.45, 7) is 0.0856. The first kappa shape index (κ1) is 17.4. The average molecular weight is 355 g/mol. The fraction of sp³-hybridized carbons (Fsp3) is 0.200. The van der Waals surface area contributed by atoms with Gasteiger partial charge in [-0.05, 0) is 22.7 Å². The van der Waals surface area contributed by atoms with Gasteiger partial charge in [0.2, 0.25) is 0 Å². The van der Waals surface area contributed by atoms with E-state index in [1.54, 1.807) is 30.3 Å². The fourth-order valence-electron chi connectivity index (χ4n) is 2.23. The van der Waals surface area contributed by atoms with Crippen LogP contribution in [0.15, 0.2) is 48.5 Å². The molecule has 0 radical (unpaired) electrons. The van der Waals surface area contributed by atoms with Gasteiger partial charge in [-0.25, -0.2) is 0 Å². The molecule has 0 aliphatic rings. The molecule has 2 aromatic carbocycles. The summed E-state index contributed by atoms with van der Waals surface area (Å²) in [4.78, 5) is 10.8. The standard InChI is InChI=1S/C15H14ClNO5S/c16-9-10-22-13-8-4-7-12(14(13)17(18)19)15(23(20)21)11-5-2-1-3-6-11/h1-8,15H,9-10H2,(H,20,21)/p-1. The predicted octanol–water partition coefficient (Wildman–Crippen LogP) is 3.18. The topological polar surface area (TPSA) is 92.5 Å². The number of nitrogens with zero attached hydrogens (tertiary/aromatic N) is 1. The van der Waals surface area contributed by atoms with E-state index >= 15 is 0 Å². The van der Waals surface area contributed by atoms with Crippen molar-refractivity contribution in [2.45, 2.75) is 5.25 Å². The Bertz CT molecular complexity index is 710. The third-order valence-electron chi connectivity index (χ3n) is 3.12. The molecule has 0 aliphatic carbocycles. The van der Waals surface area contributed by atoms with Gasteiger partial charge < -0.3 is 9.29 Å². The molecule has 0 amide bonds. The zero-order valence-corrected chi connectivity index (χ0v) is 13.5. The Labute approximate surface area is 140 Å². The summed E-state index contributed by atoms with van der Waals surface area (Å²) in [6.07, 6.45) is 0. The van der Waals surface area contributed by atoms with Gasteiger partial charge in [-0.2, -0.15) is 0 Å². The monoisotopic (exact) mass is 354 g/mol. The SMILES string of the molecule is O=[N+]([O-])c1c(OCCCl)cccc1C(c1ccccc1)S(=O)[O-]. The van der Waals surface area contributed by atoms with E-state index in [0.29, 0.717) is 5.56 Å². The smallest absolute Gasteiger partial charge is 0.315 e. The van der Waals surface area contributed by atoms with Crippen LogP contribution in [0.5, 0.6) is 5.75 Å². The van der Waals surface area contributed by atoms with Crippen molar-refractivity contribution in [1.82, 2.24) is 0 Å². The summed E-state index contributed by atoms with van der Waals surface area (Å²) in [5, 5.41) is 10.3.